The number of hydrogen-bond acceptors (Lipinski definition) is 3. The third kappa shape index (κ3) is 3.65. The molecular formula is C28H43NO2. The van der Waals surface area contributed by atoms with E-state index in [4.69, 9.17) is 10.5 Å². The van der Waals surface area contributed by atoms with Gasteiger partial charge in [-0.05, 0) is 102 Å². The van der Waals surface area contributed by atoms with Crippen LogP contribution in [0.25, 0.3) is 0 Å². The molecule has 3 aliphatic rings. The number of carbonyl (C=O) groups excluding carboxylic acids is 1. The van der Waals surface area contributed by atoms with E-state index >= 15 is 0 Å². The first kappa shape index (κ1) is 22.8. The van der Waals surface area contributed by atoms with E-state index in [2.05, 4.69) is 53.7 Å². The molecule has 1 unspecified atom stereocenters. The summed E-state index contributed by atoms with van der Waals surface area (Å²) in [5, 5.41) is 0. The van der Waals surface area contributed by atoms with Crippen molar-refractivity contribution in [2.24, 2.45) is 28.4 Å². The summed E-state index contributed by atoms with van der Waals surface area (Å²) < 4.78 is 5.77. The Bertz CT molecular complexity index is 859. The summed E-state index contributed by atoms with van der Waals surface area (Å²) in [6.45, 7) is 14.4. The van der Waals surface area contributed by atoms with Gasteiger partial charge in [-0.25, -0.2) is 4.79 Å². The van der Waals surface area contributed by atoms with Crippen LogP contribution < -0.4 is 10.5 Å². The van der Waals surface area contributed by atoms with Crippen LogP contribution in [0.15, 0.2) is 12.1 Å². The van der Waals surface area contributed by atoms with Gasteiger partial charge < -0.3 is 10.5 Å². The third-order valence-electron chi connectivity index (χ3n) is 9.57. The highest BCUT2D eigenvalue weighted by Gasteiger charge is 2.61. The number of esters is 1. The number of rotatable bonds is 5. The van der Waals surface area contributed by atoms with E-state index in [0.717, 1.165) is 25.2 Å². The second-order valence-electron chi connectivity index (χ2n) is 12.1. The van der Waals surface area contributed by atoms with Gasteiger partial charge in [0.15, 0.2) is 0 Å². The summed E-state index contributed by atoms with van der Waals surface area (Å²) in [5.41, 5.74) is 11.3. The van der Waals surface area contributed by atoms with Gasteiger partial charge in [-0.2, -0.15) is 0 Å². The number of nitrogens with two attached hydrogens (primary N) is 1. The summed E-state index contributed by atoms with van der Waals surface area (Å²) >= 11 is 0. The summed E-state index contributed by atoms with van der Waals surface area (Å²) in [6, 6.07) is 3.71. The molecule has 2 fully saturated rings. The van der Waals surface area contributed by atoms with Crippen molar-refractivity contribution in [1.82, 2.24) is 0 Å². The third-order valence-corrected chi connectivity index (χ3v) is 9.57. The lowest BCUT2D eigenvalue weighted by atomic mass is 9.43. The number of benzene rings is 1. The molecule has 5 atom stereocenters. The second-order valence-corrected chi connectivity index (χ2v) is 12.1. The first-order chi connectivity index (χ1) is 14.5. The van der Waals surface area contributed by atoms with Gasteiger partial charge in [0.2, 0.25) is 0 Å². The normalized spacial score (nSPS) is 34.4. The van der Waals surface area contributed by atoms with Crippen molar-refractivity contribution in [1.29, 1.82) is 0 Å². The summed E-state index contributed by atoms with van der Waals surface area (Å²) in [7, 11) is 0. The average Bonchev–Trinajstić information content (AvgIpc) is 2.99. The zero-order chi connectivity index (χ0) is 22.6. The van der Waals surface area contributed by atoms with E-state index in [1.165, 1.54) is 48.8 Å². The molecule has 0 amide bonds. The molecule has 0 bridgehead atoms. The molecule has 0 spiro atoms. The van der Waals surface area contributed by atoms with Crippen LogP contribution >= 0.6 is 0 Å². The summed E-state index contributed by atoms with van der Waals surface area (Å²) in [6.07, 6.45) is 10.5. The molecule has 3 nitrogen and oxygen atoms in total. The maximum atomic E-state index is 12.5. The molecule has 3 heteroatoms. The number of unbranched alkanes of at least 4 members (excludes halogenated alkanes) is 1. The van der Waals surface area contributed by atoms with Crippen molar-refractivity contribution in [3.8, 4) is 5.75 Å². The van der Waals surface area contributed by atoms with E-state index in [-0.39, 0.29) is 11.4 Å². The first-order valence-corrected chi connectivity index (χ1v) is 12.6. The van der Waals surface area contributed by atoms with Gasteiger partial charge >= 0.3 is 5.97 Å². The zero-order valence-electron chi connectivity index (χ0n) is 20.6. The Morgan fingerprint density at radius 1 is 1.16 bits per heavy atom. The molecule has 1 aromatic rings. The Morgan fingerprint density at radius 2 is 1.90 bits per heavy atom. The predicted octanol–water partition coefficient (Wildman–Crippen LogP) is 6.47. The molecule has 0 radical (unpaired) electrons. The molecule has 1 aromatic carbocycles. The molecule has 0 aliphatic heterocycles. The fraction of sp³-hybridized carbons (Fsp3) is 0.750. The summed E-state index contributed by atoms with van der Waals surface area (Å²) in [4.78, 5) is 12.5. The Hall–Kier alpha value is -1.35. The van der Waals surface area contributed by atoms with Crippen molar-refractivity contribution in [3.05, 3.63) is 28.8 Å². The van der Waals surface area contributed by atoms with Crippen LogP contribution in [0.2, 0.25) is 0 Å². The van der Waals surface area contributed by atoms with Crippen LogP contribution in [0.5, 0.6) is 5.75 Å². The lowest BCUT2D eigenvalue weighted by Crippen LogP contribution is -2.55. The SMILES string of the molecule is CCCCC(N)C(=O)Oc1cc(C)c2c(c1)C[C@@H]1[C@@]3(C)CCCC(C)(C)[C@@H]3CC[C@@]21C. The van der Waals surface area contributed by atoms with Crippen LogP contribution in [0.4, 0.5) is 0 Å². The van der Waals surface area contributed by atoms with Crippen molar-refractivity contribution >= 4 is 5.97 Å². The monoisotopic (exact) mass is 425 g/mol. The fourth-order valence-electron chi connectivity index (χ4n) is 8.22. The van der Waals surface area contributed by atoms with Gasteiger partial charge in [0.05, 0.1) is 0 Å². The Balaban J connectivity index is 1.63. The molecule has 172 valence electrons. The zero-order valence-corrected chi connectivity index (χ0v) is 20.6. The molecule has 3 aliphatic carbocycles. The van der Waals surface area contributed by atoms with E-state index in [1.807, 2.05) is 0 Å². The quantitative estimate of drug-likeness (QED) is 0.434. The van der Waals surface area contributed by atoms with E-state index in [9.17, 15) is 4.79 Å². The predicted molar refractivity (Wildman–Crippen MR) is 127 cm³/mol. The molecule has 4 rings (SSSR count). The number of fused-ring (bicyclic) bond motifs is 5. The standard InChI is InChI=1S/C28H43NO2/c1-7-8-10-21(29)25(30)31-20-15-18(2)24-19(16-20)17-23-27(5)13-9-12-26(3,4)22(27)11-14-28(23,24)6/h15-16,21-23H,7-14,17,29H2,1-6H3/t21?,22-,23+,27-,28+/m0/s1. The van der Waals surface area contributed by atoms with Crippen LogP contribution in [-0.2, 0) is 16.6 Å². The largest absolute Gasteiger partial charge is 0.425 e. The van der Waals surface area contributed by atoms with E-state index in [1.54, 1.807) is 0 Å². The smallest absolute Gasteiger partial charge is 0.328 e. The Kier molecular flexibility index (Phi) is 5.82. The van der Waals surface area contributed by atoms with Gasteiger partial charge in [0.25, 0.3) is 0 Å². The minimum Gasteiger partial charge on any atom is -0.425 e. The number of ether oxygens (including phenoxy) is 1. The molecule has 0 aromatic heterocycles. The first-order valence-electron chi connectivity index (χ1n) is 12.6. The van der Waals surface area contributed by atoms with Gasteiger partial charge in [0, 0.05) is 0 Å². The van der Waals surface area contributed by atoms with Gasteiger partial charge in [-0.1, -0.05) is 53.9 Å². The molecule has 0 heterocycles. The second kappa shape index (κ2) is 7.90. The highest BCUT2D eigenvalue weighted by molar-refractivity contribution is 5.78. The van der Waals surface area contributed by atoms with Gasteiger partial charge in [-0.15, -0.1) is 0 Å². The van der Waals surface area contributed by atoms with E-state index in [0.29, 0.717) is 28.9 Å². The maximum Gasteiger partial charge on any atom is 0.328 e. The lowest BCUT2D eigenvalue weighted by Gasteiger charge is -2.61. The molecule has 2 saturated carbocycles. The highest BCUT2D eigenvalue weighted by atomic mass is 16.5. The van der Waals surface area contributed by atoms with E-state index < -0.39 is 6.04 Å². The number of hydrogen-bond donors (Lipinski definition) is 1. The number of carbonyl (C=O) groups is 1. The van der Waals surface area contributed by atoms with Crippen molar-refractivity contribution in [2.45, 2.75) is 111 Å². The van der Waals surface area contributed by atoms with Crippen LogP contribution in [-0.4, -0.2) is 12.0 Å². The lowest BCUT2D eigenvalue weighted by molar-refractivity contribution is -0.136. The van der Waals surface area contributed by atoms with Crippen LogP contribution in [0.1, 0.15) is 103 Å². The van der Waals surface area contributed by atoms with Crippen molar-refractivity contribution in [3.63, 3.8) is 0 Å². The molecule has 2 N–H and O–H groups in total. The van der Waals surface area contributed by atoms with Gasteiger partial charge in [0.1, 0.15) is 11.8 Å². The highest BCUT2D eigenvalue weighted by Crippen LogP contribution is 2.67. The molecular weight excluding hydrogens is 382 g/mol. The average molecular weight is 426 g/mol. The Labute approximate surface area is 189 Å². The maximum absolute atomic E-state index is 12.5. The van der Waals surface area contributed by atoms with Crippen LogP contribution in [0, 0.1) is 29.6 Å². The molecule has 31 heavy (non-hydrogen) atoms. The minimum atomic E-state index is -0.530. The topological polar surface area (TPSA) is 52.3 Å². The fourth-order valence-corrected chi connectivity index (χ4v) is 8.22. The van der Waals surface area contributed by atoms with Gasteiger partial charge in [-0.3, -0.25) is 0 Å². The Morgan fingerprint density at radius 3 is 2.61 bits per heavy atom. The minimum absolute atomic E-state index is 0.234. The summed E-state index contributed by atoms with van der Waals surface area (Å²) in [5.74, 6) is 1.86. The molecule has 0 saturated heterocycles. The van der Waals surface area contributed by atoms with Crippen molar-refractivity contribution in [2.75, 3.05) is 0 Å². The van der Waals surface area contributed by atoms with Crippen molar-refractivity contribution < 1.29 is 9.53 Å². The number of aryl methyl sites for hydroxylation is 1. The van der Waals surface area contributed by atoms with Crippen LogP contribution in [0.3, 0.4) is 0 Å².